The lowest BCUT2D eigenvalue weighted by molar-refractivity contribution is 0.137. The summed E-state index contributed by atoms with van der Waals surface area (Å²) in [5, 5.41) is 6.19. The monoisotopic (exact) mass is 213 g/mol. The molecule has 1 fully saturated rings. The van der Waals surface area contributed by atoms with Gasteiger partial charge in [-0.2, -0.15) is 0 Å². The van der Waals surface area contributed by atoms with Gasteiger partial charge < -0.3 is 15.5 Å². The topological polar surface area (TPSA) is 44.4 Å². The van der Waals surface area contributed by atoms with E-state index in [1.807, 2.05) is 4.90 Å². The van der Waals surface area contributed by atoms with Gasteiger partial charge in [0.25, 0.3) is 0 Å². The predicted octanol–water partition coefficient (Wildman–Crippen LogP) is 1.04. The van der Waals surface area contributed by atoms with Crippen LogP contribution in [0.25, 0.3) is 0 Å². The molecule has 0 bridgehead atoms. The first-order valence-electron chi connectivity index (χ1n) is 5.79. The van der Waals surface area contributed by atoms with Crippen molar-refractivity contribution in [1.29, 1.82) is 0 Å². The quantitative estimate of drug-likeness (QED) is 0.670. The van der Waals surface area contributed by atoms with Crippen LogP contribution in [0.15, 0.2) is 0 Å². The summed E-state index contributed by atoms with van der Waals surface area (Å²) < 4.78 is 0. The Hall–Kier alpha value is -0.770. The fourth-order valence-electron chi connectivity index (χ4n) is 1.82. The third-order valence-electron chi connectivity index (χ3n) is 2.66. The Morgan fingerprint density at radius 2 is 2.27 bits per heavy atom. The minimum atomic E-state index is 0.0887. The van der Waals surface area contributed by atoms with Crippen LogP contribution < -0.4 is 10.6 Å². The van der Waals surface area contributed by atoms with E-state index in [4.69, 9.17) is 0 Å². The third kappa shape index (κ3) is 4.08. The smallest absolute Gasteiger partial charge is 0.317 e. The summed E-state index contributed by atoms with van der Waals surface area (Å²) in [7, 11) is 0. The van der Waals surface area contributed by atoms with Crippen LogP contribution in [-0.4, -0.2) is 43.7 Å². The van der Waals surface area contributed by atoms with Gasteiger partial charge in [-0.15, -0.1) is 0 Å². The van der Waals surface area contributed by atoms with Crippen LogP contribution >= 0.6 is 0 Å². The summed E-state index contributed by atoms with van der Waals surface area (Å²) in [6.45, 7) is 10.9. The highest BCUT2D eigenvalue weighted by atomic mass is 16.2. The number of carbonyl (C=O) groups is 1. The zero-order valence-electron chi connectivity index (χ0n) is 10.1. The Morgan fingerprint density at radius 3 is 2.93 bits per heavy atom. The normalized spacial score (nSPS) is 20.2. The standard InChI is InChI=1S/C11H23N3O/c1-4-12-6-5-7-14-9-11(2,3)8-13-10(14)15/h12H,4-9H2,1-3H3,(H,13,15). The van der Waals surface area contributed by atoms with E-state index < -0.39 is 0 Å². The molecule has 1 aliphatic rings. The number of amides is 2. The number of nitrogens with zero attached hydrogens (tertiary/aromatic N) is 1. The highest BCUT2D eigenvalue weighted by Crippen LogP contribution is 2.19. The van der Waals surface area contributed by atoms with Crippen molar-refractivity contribution in [2.45, 2.75) is 27.2 Å². The molecule has 1 saturated heterocycles. The first-order valence-corrected chi connectivity index (χ1v) is 5.79. The lowest BCUT2D eigenvalue weighted by Crippen LogP contribution is -2.55. The zero-order chi connectivity index (χ0) is 11.3. The Labute approximate surface area is 92.4 Å². The van der Waals surface area contributed by atoms with Gasteiger partial charge in [-0.25, -0.2) is 4.79 Å². The first kappa shape index (κ1) is 12.3. The van der Waals surface area contributed by atoms with E-state index >= 15 is 0 Å². The average molecular weight is 213 g/mol. The molecule has 1 rings (SSSR count). The number of rotatable bonds is 5. The Bertz CT molecular complexity index is 216. The number of carbonyl (C=O) groups excluding carboxylic acids is 1. The van der Waals surface area contributed by atoms with Gasteiger partial charge in [0.05, 0.1) is 0 Å². The van der Waals surface area contributed by atoms with Crippen molar-refractivity contribution in [2.75, 3.05) is 32.7 Å². The molecule has 0 spiro atoms. The van der Waals surface area contributed by atoms with E-state index in [1.165, 1.54) is 0 Å². The van der Waals surface area contributed by atoms with Crippen LogP contribution in [0, 0.1) is 5.41 Å². The summed E-state index contributed by atoms with van der Waals surface area (Å²) in [5.41, 5.74) is 0.200. The van der Waals surface area contributed by atoms with Crippen molar-refractivity contribution < 1.29 is 4.79 Å². The summed E-state index contributed by atoms with van der Waals surface area (Å²) in [4.78, 5) is 13.5. The molecule has 1 heterocycles. The van der Waals surface area contributed by atoms with Gasteiger partial charge in [0.2, 0.25) is 0 Å². The fourth-order valence-corrected chi connectivity index (χ4v) is 1.82. The Kier molecular flexibility index (Phi) is 4.39. The van der Waals surface area contributed by atoms with Gasteiger partial charge in [-0.3, -0.25) is 0 Å². The molecule has 88 valence electrons. The Morgan fingerprint density at radius 1 is 1.53 bits per heavy atom. The van der Waals surface area contributed by atoms with E-state index in [9.17, 15) is 4.79 Å². The molecule has 0 aromatic rings. The minimum absolute atomic E-state index is 0.0887. The van der Waals surface area contributed by atoms with Crippen LogP contribution in [0.1, 0.15) is 27.2 Å². The highest BCUT2D eigenvalue weighted by Gasteiger charge is 2.30. The van der Waals surface area contributed by atoms with Gasteiger partial charge in [0, 0.05) is 19.6 Å². The second kappa shape index (κ2) is 5.35. The third-order valence-corrected chi connectivity index (χ3v) is 2.66. The maximum absolute atomic E-state index is 11.5. The molecule has 2 amide bonds. The second-order valence-corrected chi connectivity index (χ2v) is 4.95. The van der Waals surface area contributed by atoms with Crippen molar-refractivity contribution in [3.8, 4) is 0 Å². The number of hydrogen-bond donors (Lipinski definition) is 2. The maximum Gasteiger partial charge on any atom is 0.317 e. The summed E-state index contributed by atoms with van der Waals surface area (Å²) in [6.07, 6.45) is 1.03. The molecule has 15 heavy (non-hydrogen) atoms. The van der Waals surface area contributed by atoms with E-state index in [2.05, 4.69) is 31.4 Å². The predicted molar refractivity (Wildman–Crippen MR) is 61.9 cm³/mol. The van der Waals surface area contributed by atoms with Gasteiger partial charge in [-0.05, 0) is 24.9 Å². The van der Waals surface area contributed by atoms with Crippen molar-refractivity contribution in [3.05, 3.63) is 0 Å². The van der Waals surface area contributed by atoms with Gasteiger partial charge in [0.15, 0.2) is 0 Å². The van der Waals surface area contributed by atoms with Crippen LogP contribution in [0.3, 0.4) is 0 Å². The van der Waals surface area contributed by atoms with E-state index in [0.717, 1.165) is 39.1 Å². The van der Waals surface area contributed by atoms with Crippen molar-refractivity contribution in [1.82, 2.24) is 15.5 Å². The van der Waals surface area contributed by atoms with Crippen molar-refractivity contribution in [3.63, 3.8) is 0 Å². The van der Waals surface area contributed by atoms with E-state index in [1.54, 1.807) is 0 Å². The maximum atomic E-state index is 11.5. The summed E-state index contributed by atoms with van der Waals surface area (Å²) in [5.74, 6) is 0. The molecule has 2 N–H and O–H groups in total. The molecule has 0 saturated carbocycles. The van der Waals surface area contributed by atoms with Crippen molar-refractivity contribution >= 4 is 6.03 Å². The molecule has 4 heteroatoms. The number of hydrogen-bond acceptors (Lipinski definition) is 2. The molecular weight excluding hydrogens is 190 g/mol. The number of urea groups is 1. The first-order chi connectivity index (χ1) is 7.05. The van der Waals surface area contributed by atoms with Crippen molar-refractivity contribution in [2.24, 2.45) is 5.41 Å². The fraction of sp³-hybridized carbons (Fsp3) is 0.909. The van der Waals surface area contributed by atoms with Crippen LogP contribution in [0.4, 0.5) is 4.79 Å². The van der Waals surface area contributed by atoms with Crippen LogP contribution in [0.5, 0.6) is 0 Å². The molecule has 1 aliphatic heterocycles. The molecule has 0 unspecified atom stereocenters. The van der Waals surface area contributed by atoms with Gasteiger partial charge in [-0.1, -0.05) is 20.8 Å². The molecule has 4 nitrogen and oxygen atoms in total. The van der Waals surface area contributed by atoms with Crippen LogP contribution in [0.2, 0.25) is 0 Å². The SMILES string of the molecule is CCNCCCN1CC(C)(C)CNC1=O. The molecule has 0 radical (unpaired) electrons. The summed E-state index contributed by atoms with van der Waals surface area (Å²) in [6, 6.07) is 0.0887. The average Bonchev–Trinajstić information content (AvgIpc) is 2.18. The molecule has 0 aromatic carbocycles. The van der Waals surface area contributed by atoms with Gasteiger partial charge >= 0.3 is 6.03 Å². The minimum Gasteiger partial charge on any atom is -0.337 e. The van der Waals surface area contributed by atoms with Crippen LogP contribution in [-0.2, 0) is 0 Å². The lowest BCUT2D eigenvalue weighted by Gasteiger charge is -2.38. The largest absolute Gasteiger partial charge is 0.337 e. The lowest BCUT2D eigenvalue weighted by atomic mass is 9.91. The zero-order valence-corrected chi connectivity index (χ0v) is 10.1. The summed E-state index contributed by atoms with van der Waals surface area (Å²) >= 11 is 0. The highest BCUT2D eigenvalue weighted by molar-refractivity contribution is 5.75. The Balaban J connectivity index is 2.29. The number of nitrogens with one attached hydrogen (secondary N) is 2. The molecule has 0 aliphatic carbocycles. The second-order valence-electron chi connectivity index (χ2n) is 4.95. The molecule has 0 aromatic heterocycles. The van der Waals surface area contributed by atoms with E-state index in [0.29, 0.717) is 0 Å². The van der Waals surface area contributed by atoms with Gasteiger partial charge in [0.1, 0.15) is 0 Å². The molecule has 0 atom stereocenters. The van der Waals surface area contributed by atoms with E-state index in [-0.39, 0.29) is 11.4 Å². The molecular formula is C11H23N3O.